The first kappa shape index (κ1) is 16.1. The van der Waals surface area contributed by atoms with Gasteiger partial charge in [0.2, 0.25) is 0 Å². The summed E-state index contributed by atoms with van der Waals surface area (Å²) in [6.45, 7) is 5.37. The fourth-order valence-electron chi connectivity index (χ4n) is 3.70. The molecule has 0 atom stereocenters. The summed E-state index contributed by atoms with van der Waals surface area (Å²) >= 11 is 0. The monoisotopic (exact) mass is 308 g/mol. The van der Waals surface area contributed by atoms with E-state index in [1.54, 1.807) is 0 Å². The van der Waals surface area contributed by atoms with Crippen LogP contribution in [0.5, 0.6) is 5.75 Å². The van der Waals surface area contributed by atoms with Crippen LogP contribution in [0.15, 0.2) is 54.6 Å². The maximum Gasteiger partial charge on any atom is 0.119 e. The Hall–Kier alpha value is -1.76. The van der Waals surface area contributed by atoms with Crippen LogP contribution in [-0.4, -0.2) is 0 Å². The van der Waals surface area contributed by atoms with E-state index in [9.17, 15) is 0 Å². The molecule has 122 valence electrons. The Morgan fingerprint density at radius 3 is 2.13 bits per heavy atom. The van der Waals surface area contributed by atoms with Gasteiger partial charge in [-0.1, -0.05) is 56.3 Å². The topological polar surface area (TPSA) is 9.23 Å². The van der Waals surface area contributed by atoms with Crippen molar-refractivity contribution >= 4 is 0 Å². The summed E-state index contributed by atoms with van der Waals surface area (Å²) in [7, 11) is 0. The Labute approximate surface area is 140 Å². The van der Waals surface area contributed by atoms with Gasteiger partial charge in [-0.15, -0.1) is 0 Å². The number of benzene rings is 2. The molecule has 2 aromatic carbocycles. The maximum atomic E-state index is 5.88. The van der Waals surface area contributed by atoms with E-state index in [1.165, 1.54) is 36.8 Å². The molecule has 0 aliphatic heterocycles. The van der Waals surface area contributed by atoms with E-state index in [0.29, 0.717) is 6.61 Å². The van der Waals surface area contributed by atoms with Crippen molar-refractivity contribution in [1.82, 2.24) is 0 Å². The second-order valence-electron chi connectivity index (χ2n) is 7.20. The molecule has 1 nitrogen and oxygen atoms in total. The first-order valence-electron chi connectivity index (χ1n) is 8.99. The fraction of sp³-hybridized carbons (Fsp3) is 0.455. The van der Waals surface area contributed by atoms with Gasteiger partial charge in [0.05, 0.1) is 0 Å². The van der Waals surface area contributed by atoms with Crippen LogP contribution in [0.3, 0.4) is 0 Å². The molecule has 1 saturated carbocycles. The summed E-state index contributed by atoms with van der Waals surface area (Å²) in [5.41, 5.74) is 2.70. The first-order chi connectivity index (χ1) is 11.2. The summed E-state index contributed by atoms with van der Waals surface area (Å²) in [6, 6.07) is 19.1. The highest BCUT2D eigenvalue weighted by atomic mass is 16.5. The zero-order valence-electron chi connectivity index (χ0n) is 14.4. The van der Waals surface area contributed by atoms with Gasteiger partial charge >= 0.3 is 0 Å². The number of hydrogen-bond donors (Lipinski definition) is 0. The Morgan fingerprint density at radius 2 is 1.52 bits per heavy atom. The summed E-state index contributed by atoms with van der Waals surface area (Å²) in [4.78, 5) is 0. The molecule has 0 amide bonds. The molecule has 1 aliphatic carbocycles. The van der Waals surface area contributed by atoms with Crippen LogP contribution in [0.25, 0.3) is 0 Å². The van der Waals surface area contributed by atoms with Crippen LogP contribution in [0.4, 0.5) is 0 Å². The van der Waals surface area contributed by atoms with E-state index < -0.39 is 0 Å². The quantitative estimate of drug-likeness (QED) is 0.639. The second-order valence-corrected chi connectivity index (χ2v) is 7.20. The Bertz CT molecular complexity index is 577. The highest BCUT2D eigenvalue weighted by molar-refractivity contribution is 5.30. The summed E-state index contributed by atoms with van der Waals surface area (Å²) in [5.74, 6) is 3.48. The molecule has 0 aromatic heterocycles. The van der Waals surface area contributed by atoms with Crippen molar-refractivity contribution in [1.29, 1.82) is 0 Å². The lowest BCUT2D eigenvalue weighted by Gasteiger charge is -2.31. The Balaban J connectivity index is 1.53. The average molecular weight is 308 g/mol. The van der Waals surface area contributed by atoms with E-state index in [-0.39, 0.29) is 0 Å². The van der Waals surface area contributed by atoms with E-state index >= 15 is 0 Å². The van der Waals surface area contributed by atoms with E-state index in [1.807, 2.05) is 6.07 Å². The standard InChI is InChI=1S/C22H28O/c1-17(2)19-8-10-20(11-9-19)21-12-14-22(15-13-21)23-16-18-6-4-3-5-7-18/h3-7,12-15,17,19-20H,8-11,16H2,1-2H3. The molecule has 0 saturated heterocycles. The zero-order valence-corrected chi connectivity index (χ0v) is 14.4. The second kappa shape index (κ2) is 7.68. The van der Waals surface area contributed by atoms with E-state index in [2.05, 4.69) is 62.4 Å². The molecule has 0 bridgehead atoms. The van der Waals surface area contributed by atoms with Crippen molar-refractivity contribution in [2.24, 2.45) is 11.8 Å². The largest absolute Gasteiger partial charge is 0.489 e. The molecule has 2 aromatic rings. The first-order valence-corrected chi connectivity index (χ1v) is 8.99. The van der Waals surface area contributed by atoms with Crippen molar-refractivity contribution in [2.45, 2.75) is 52.1 Å². The molecule has 0 heterocycles. The van der Waals surface area contributed by atoms with Gasteiger partial charge in [0.25, 0.3) is 0 Å². The number of ether oxygens (including phenoxy) is 1. The summed E-state index contributed by atoms with van der Waals surface area (Å²) in [6.07, 6.45) is 5.45. The molecule has 1 heteroatoms. The van der Waals surface area contributed by atoms with Crippen molar-refractivity contribution in [3.8, 4) is 5.75 Å². The van der Waals surface area contributed by atoms with Crippen molar-refractivity contribution in [2.75, 3.05) is 0 Å². The predicted octanol–water partition coefficient (Wildman–Crippen LogP) is 6.20. The molecule has 3 rings (SSSR count). The molecule has 1 fully saturated rings. The highest BCUT2D eigenvalue weighted by Crippen LogP contribution is 2.38. The lowest BCUT2D eigenvalue weighted by molar-refractivity contribution is 0.258. The lowest BCUT2D eigenvalue weighted by Crippen LogP contribution is -2.17. The SMILES string of the molecule is CC(C)C1CCC(c2ccc(OCc3ccccc3)cc2)CC1. The third-order valence-corrected chi connectivity index (χ3v) is 5.31. The van der Waals surface area contributed by atoms with Crippen LogP contribution in [-0.2, 0) is 6.61 Å². The van der Waals surface area contributed by atoms with Gasteiger partial charge in [0.1, 0.15) is 12.4 Å². The van der Waals surface area contributed by atoms with Gasteiger partial charge < -0.3 is 4.74 Å². The van der Waals surface area contributed by atoms with Crippen LogP contribution in [0, 0.1) is 11.8 Å². The van der Waals surface area contributed by atoms with Crippen LogP contribution >= 0.6 is 0 Å². The van der Waals surface area contributed by atoms with Gasteiger partial charge in [-0.2, -0.15) is 0 Å². The van der Waals surface area contributed by atoms with Crippen molar-refractivity contribution < 1.29 is 4.74 Å². The van der Waals surface area contributed by atoms with Crippen LogP contribution < -0.4 is 4.74 Å². The molecular weight excluding hydrogens is 280 g/mol. The molecule has 0 spiro atoms. The predicted molar refractivity (Wildman–Crippen MR) is 96.8 cm³/mol. The van der Waals surface area contributed by atoms with Crippen molar-refractivity contribution in [3.63, 3.8) is 0 Å². The third-order valence-electron chi connectivity index (χ3n) is 5.31. The van der Waals surface area contributed by atoms with Gasteiger partial charge in [-0.25, -0.2) is 0 Å². The number of rotatable bonds is 5. The van der Waals surface area contributed by atoms with Crippen LogP contribution in [0.1, 0.15) is 56.6 Å². The minimum atomic E-state index is 0.639. The average Bonchev–Trinajstić information content (AvgIpc) is 2.61. The fourth-order valence-corrected chi connectivity index (χ4v) is 3.70. The van der Waals surface area contributed by atoms with Gasteiger partial charge in [0.15, 0.2) is 0 Å². The lowest BCUT2D eigenvalue weighted by atomic mass is 9.75. The van der Waals surface area contributed by atoms with E-state index in [4.69, 9.17) is 4.74 Å². The summed E-state index contributed by atoms with van der Waals surface area (Å²) < 4.78 is 5.88. The minimum absolute atomic E-state index is 0.639. The highest BCUT2D eigenvalue weighted by Gasteiger charge is 2.24. The maximum absolute atomic E-state index is 5.88. The molecule has 0 unspecified atom stereocenters. The molecule has 0 radical (unpaired) electrons. The molecule has 23 heavy (non-hydrogen) atoms. The van der Waals surface area contributed by atoms with Gasteiger partial charge in [-0.05, 0) is 66.7 Å². The van der Waals surface area contributed by atoms with Gasteiger partial charge in [-0.3, -0.25) is 0 Å². The Kier molecular flexibility index (Phi) is 5.38. The molecular formula is C22H28O. The zero-order chi connectivity index (χ0) is 16.1. The molecule has 0 N–H and O–H groups in total. The number of hydrogen-bond acceptors (Lipinski definition) is 1. The third kappa shape index (κ3) is 4.37. The minimum Gasteiger partial charge on any atom is -0.489 e. The van der Waals surface area contributed by atoms with E-state index in [0.717, 1.165) is 23.5 Å². The summed E-state index contributed by atoms with van der Waals surface area (Å²) in [5, 5.41) is 0. The van der Waals surface area contributed by atoms with Crippen molar-refractivity contribution in [3.05, 3.63) is 65.7 Å². The Morgan fingerprint density at radius 1 is 0.870 bits per heavy atom. The normalized spacial score (nSPS) is 21.3. The van der Waals surface area contributed by atoms with Crippen LogP contribution in [0.2, 0.25) is 0 Å². The molecule has 1 aliphatic rings. The van der Waals surface area contributed by atoms with Gasteiger partial charge in [0, 0.05) is 0 Å². The smallest absolute Gasteiger partial charge is 0.119 e.